The van der Waals surface area contributed by atoms with Gasteiger partial charge in [0.25, 0.3) is 0 Å². The lowest BCUT2D eigenvalue weighted by molar-refractivity contribution is -0.149. The summed E-state index contributed by atoms with van der Waals surface area (Å²) in [6.07, 6.45) is 3.14. The number of esters is 1. The Hall–Kier alpha value is -4.78. The van der Waals surface area contributed by atoms with Gasteiger partial charge >= 0.3 is 12.6 Å². The first-order valence-corrected chi connectivity index (χ1v) is 13.2. The van der Waals surface area contributed by atoms with Gasteiger partial charge in [-0.1, -0.05) is 30.3 Å². The normalized spacial score (nSPS) is 14.7. The SMILES string of the molecule is COC(=O)CO[C@@H]1COc2c(-c3nc4n(Cc5ccccc5)cccc-4c3-c3cn(C)nc3OC(F)F)c(C)nn2C1. The van der Waals surface area contributed by atoms with Gasteiger partial charge in [-0.15, -0.1) is 5.10 Å². The number of hydrogen-bond acceptors (Lipinski definition) is 8. The van der Waals surface area contributed by atoms with Crippen LogP contribution < -0.4 is 9.47 Å². The number of ether oxygens (including phenoxy) is 4. The molecule has 0 radical (unpaired) electrons. The summed E-state index contributed by atoms with van der Waals surface area (Å²) >= 11 is 0. The molecule has 1 aromatic carbocycles. The minimum absolute atomic E-state index is 0.172. The number of carbonyl (C=O) groups excluding carboxylic acids is 1. The molecule has 0 spiro atoms. The Morgan fingerprint density at radius 1 is 1.12 bits per heavy atom. The standard InChI is InChI=1S/C29H28F2N6O5/c1-17-23(28-37(33-17)13-19(15-41-28)40-16-22(38)39-3)25-24(21-14-35(2)34-27(21)42-29(30)31)20-10-7-11-36(26(20)32-25)12-18-8-5-4-6-9-18/h4-11,14,19,29H,12-13,15-16H2,1-3H3/t19-/m0/s1. The third-order valence-electron chi connectivity index (χ3n) is 6.99. The zero-order valence-corrected chi connectivity index (χ0v) is 23.2. The molecule has 0 fully saturated rings. The topological polar surface area (TPSA) is 107 Å². The Balaban J connectivity index is 1.49. The quantitative estimate of drug-likeness (QED) is 0.240. The van der Waals surface area contributed by atoms with Crippen LogP contribution in [-0.2, 0) is 34.4 Å². The molecular weight excluding hydrogens is 550 g/mol. The van der Waals surface area contributed by atoms with Crippen LogP contribution in [0.3, 0.4) is 0 Å². The molecule has 0 N–H and O–H groups in total. The van der Waals surface area contributed by atoms with Crippen molar-refractivity contribution in [3.8, 4) is 45.5 Å². The smallest absolute Gasteiger partial charge is 0.388 e. The predicted octanol–water partition coefficient (Wildman–Crippen LogP) is 4.16. The van der Waals surface area contributed by atoms with Gasteiger partial charge < -0.3 is 23.5 Å². The van der Waals surface area contributed by atoms with E-state index in [0.717, 1.165) is 11.1 Å². The van der Waals surface area contributed by atoms with Gasteiger partial charge in [-0.3, -0.25) is 4.68 Å². The number of aromatic nitrogens is 6. The van der Waals surface area contributed by atoms with Crippen molar-refractivity contribution in [2.75, 3.05) is 20.3 Å². The minimum Gasteiger partial charge on any atom is -0.474 e. The number of fused-ring (bicyclic) bond motifs is 2. The first kappa shape index (κ1) is 27.4. The molecule has 13 heteroatoms. The number of nitrogens with zero attached hydrogens (tertiary/aromatic N) is 6. The first-order chi connectivity index (χ1) is 20.3. The number of benzene rings is 1. The van der Waals surface area contributed by atoms with Crippen LogP contribution in [0, 0.1) is 6.92 Å². The molecule has 0 aliphatic carbocycles. The summed E-state index contributed by atoms with van der Waals surface area (Å²) in [7, 11) is 2.93. The maximum atomic E-state index is 13.4. The molecule has 0 unspecified atom stereocenters. The highest BCUT2D eigenvalue weighted by atomic mass is 19.3. The highest BCUT2D eigenvalue weighted by Gasteiger charge is 2.34. The number of alkyl halides is 2. The Kier molecular flexibility index (Phi) is 7.33. The fourth-order valence-corrected chi connectivity index (χ4v) is 5.19. The lowest BCUT2D eigenvalue weighted by atomic mass is 9.99. The van der Waals surface area contributed by atoms with E-state index in [2.05, 4.69) is 14.9 Å². The molecule has 3 aliphatic heterocycles. The van der Waals surface area contributed by atoms with Crippen molar-refractivity contribution in [1.82, 2.24) is 29.1 Å². The molecule has 2 aromatic heterocycles. The van der Waals surface area contributed by atoms with E-state index in [1.165, 1.54) is 11.8 Å². The molecule has 0 bridgehead atoms. The Labute approximate surface area is 239 Å². The van der Waals surface area contributed by atoms with Crippen LogP contribution in [0.1, 0.15) is 11.3 Å². The van der Waals surface area contributed by atoms with Gasteiger partial charge in [0.2, 0.25) is 11.8 Å². The second-order valence-electron chi connectivity index (χ2n) is 9.86. The minimum atomic E-state index is -3.06. The third kappa shape index (κ3) is 5.18. The summed E-state index contributed by atoms with van der Waals surface area (Å²) in [6, 6.07) is 13.7. The van der Waals surface area contributed by atoms with Gasteiger partial charge in [-0.05, 0) is 24.6 Å². The van der Waals surface area contributed by atoms with Crippen molar-refractivity contribution in [2.24, 2.45) is 7.05 Å². The number of carbonyl (C=O) groups is 1. The van der Waals surface area contributed by atoms with Crippen molar-refractivity contribution in [3.05, 3.63) is 66.1 Å². The van der Waals surface area contributed by atoms with Crippen molar-refractivity contribution in [3.63, 3.8) is 0 Å². The van der Waals surface area contributed by atoms with Gasteiger partial charge in [0.1, 0.15) is 25.1 Å². The van der Waals surface area contributed by atoms with E-state index in [0.29, 0.717) is 52.9 Å². The predicted molar refractivity (Wildman–Crippen MR) is 146 cm³/mol. The van der Waals surface area contributed by atoms with Crippen LogP contribution in [0.4, 0.5) is 8.78 Å². The number of pyridine rings is 1. The third-order valence-corrected chi connectivity index (χ3v) is 6.99. The Morgan fingerprint density at radius 3 is 2.69 bits per heavy atom. The summed E-state index contributed by atoms with van der Waals surface area (Å²) in [6.45, 7) is -0.385. The van der Waals surface area contributed by atoms with Crippen LogP contribution in [0.5, 0.6) is 11.8 Å². The van der Waals surface area contributed by atoms with E-state index >= 15 is 0 Å². The fraction of sp³-hybridized carbons (Fsp3) is 0.310. The molecule has 0 amide bonds. The van der Waals surface area contributed by atoms with E-state index in [-0.39, 0.29) is 19.1 Å². The molecule has 3 aliphatic rings. The molecule has 1 atom stereocenters. The van der Waals surface area contributed by atoms with Crippen LogP contribution in [0.15, 0.2) is 54.9 Å². The lowest BCUT2D eigenvalue weighted by Gasteiger charge is -2.24. The summed E-state index contributed by atoms with van der Waals surface area (Å²) < 4.78 is 53.2. The monoisotopic (exact) mass is 578 g/mol. The number of halogens is 2. The summed E-state index contributed by atoms with van der Waals surface area (Å²) in [4.78, 5) is 16.6. The van der Waals surface area contributed by atoms with E-state index in [4.69, 9.17) is 19.2 Å². The molecular formula is C29H28F2N6O5. The Bertz CT molecular complexity index is 1700. The van der Waals surface area contributed by atoms with E-state index in [9.17, 15) is 13.6 Å². The summed E-state index contributed by atoms with van der Waals surface area (Å²) in [5.74, 6) is 0.409. The van der Waals surface area contributed by atoms with Crippen molar-refractivity contribution < 1.29 is 32.5 Å². The first-order valence-electron chi connectivity index (χ1n) is 13.2. The van der Waals surface area contributed by atoms with Crippen LogP contribution in [0.2, 0.25) is 0 Å². The van der Waals surface area contributed by atoms with Gasteiger partial charge in [0.05, 0.1) is 36.2 Å². The molecule has 3 aromatic rings. The van der Waals surface area contributed by atoms with Gasteiger partial charge in [0, 0.05) is 37.1 Å². The van der Waals surface area contributed by atoms with Crippen LogP contribution in [0.25, 0.3) is 33.8 Å². The average molecular weight is 579 g/mol. The molecule has 6 rings (SSSR count). The number of hydrogen-bond donors (Lipinski definition) is 0. The molecule has 218 valence electrons. The van der Waals surface area contributed by atoms with Crippen LogP contribution in [-0.4, -0.2) is 68.1 Å². The zero-order chi connectivity index (χ0) is 29.4. The summed E-state index contributed by atoms with van der Waals surface area (Å²) in [5, 5.41) is 8.83. The molecule has 0 saturated carbocycles. The number of methoxy groups -OCH3 is 1. The highest BCUT2D eigenvalue weighted by Crippen LogP contribution is 2.48. The number of aryl methyl sites for hydroxylation is 2. The van der Waals surface area contributed by atoms with Crippen LogP contribution >= 0.6 is 0 Å². The molecule has 5 heterocycles. The van der Waals surface area contributed by atoms with Gasteiger partial charge in [-0.2, -0.15) is 13.9 Å². The average Bonchev–Trinajstić information content (AvgIpc) is 3.63. The van der Waals surface area contributed by atoms with Gasteiger partial charge in [-0.25, -0.2) is 14.5 Å². The molecule has 11 nitrogen and oxygen atoms in total. The Morgan fingerprint density at radius 2 is 1.93 bits per heavy atom. The van der Waals surface area contributed by atoms with E-state index < -0.39 is 18.7 Å². The van der Waals surface area contributed by atoms with Crippen molar-refractivity contribution in [1.29, 1.82) is 0 Å². The van der Waals surface area contributed by atoms with E-state index in [1.807, 2.05) is 60.2 Å². The largest absolute Gasteiger partial charge is 0.474 e. The fourth-order valence-electron chi connectivity index (χ4n) is 5.19. The second kappa shape index (κ2) is 11.2. The molecule has 42 heavy (non-hydrogen) atoms. The van der Waals surface area contributed by atoms with Crippen molar-refractivity contribution >= 4 is 5.97 Å². The maximum absolute atomic E-state index is 13.4. The van der Waals surface area contributed by atoms with Gasteiger partial charge in [0.15, 0.2) is 0 Å². The zero-order valence-electron chi connectivity index (χ0n) is 23.2. The lowest BCUT2D eigenvalue weighted by Crippen LogP contribution is -2.34. The molecule has 0 saturated heterocycles. The maximum Gasteiger partial charge on any atom is 0.388 e. The van der Waals surface area contributed by atoms with E-state index in [1.54, 1.807) is 17.9 Å². The highest BCUT2D eigenvalue weighted by molar-refractivity contribution is 5.97. The summed E-state index contributed by atoms with van der Waals surface area (Å²) in [5.41, 5.74) is 4.47. The second-order valence-corrected chi connectivity index (χ2v) is 9.86. The van der Waals surface area contributed by atoms with Crippen molar-refractivity contribution in [2.45, 2.75) is 32.7 Å². The number of rotatable bonds is 9.